The molecule has 0 saturated carbocycles. The second-order valence-electron chi connectivity index (χ2n) is 2.11. The summed E-state index contributed by atoms with van der Waals surface area (Å²) in [6.07, 6.45) is 0. The minimum absolute atomic E-state index is 0.169. The molecule has 0 fully saturated rings. The summed E-state index contributed by atoms with van der Waals surface area (Å²) in [5.74, 6) is -0.175. The second-order valence-corrected chi connectivity index (χ2v) is 16.6. The largest absolute Gasteiger partial charge is 0.325 e. The lowest BCUT2D eigenvalue weighted by molar-refractivity contribution is 0.498. The van der Waals surface area contributed by atoms with E-state index in [1.807, 2.05) is 0 Å². The molecule has 10 heteroatoms. The monoisotopic (exact) mass is 284 g/mol. The molecule has 2 N–H and O–H groups in total. The van der Waals surface area contributed by atoms with Crippen molar-refractivity contribution in [3.8, 4) is 0 Å². The van der Waals surface area contributed by atoms with E-state index < -0.39 is 25.4 Å². The van der Waals surface area contributed by atoms with Crippen LogP contribution >= 0.6 is 17.9 Å². The van der Waals surface area contributed by atoms with Gasteiger partial charge in [-0.25, -0.2) is 0 Å². The molecule has 0 aliphatic rings. The molecule has 0 rings (SSSR count). The fraction of sp³-hybridized carbons (Fsp3) is 1.00. The number of hydrogen-bond acceptors (Lipinski definition) is 5. The first-order valence-electron chi connectivity index (χ1n) is 3.52. The van der Waals surface area contributed by atoms with Gasteiger partial charge in [-0.2, -0.15) is 16.8 Å². The molecule has 14 heavy (non-hydrogen) atoms. The maximum Gasteiger partial charge on any atom is 0.325 e. The SMILES string of the molecule is CCSS(CC)(S(=O)(=O)O)S(=O)(=O)O. The smallest absolute Gasteiger partial charge is 0.277 e. The van der Waals surface area contributed by atoms with Crippen molar-refractivity contribution in [2.24, 2.45) is 0 Å². The highest BCUT2D eigenvalue weighted by Crippen LogP contribution is 2.67. The second kappa shape index (κ2) is 4.58. The zero-order chi connectivity index (χ0) is 11.6. The average Bonchev–Trinajstić information content (AvgIpc) is 1.94. The molecule has 0 atom stereocenters. The van der Waals surface area contributed by atoms with E-state index in [1.165, 1.54) is 6.92 Å². The topological polar surface area (TPSA) is 109 Å². The van der Waals surface area contributed by atoms with Gasteiger partial charge in [0.25, 0.3) is 0 Å². The van der Waals surface area contributed by atoms with Crippen LogP contribution in [-0.2, 0) is 18.3 Å². The summed E-state index contributed by atoms with van der Waals surface area (Å²) < 4.78 is 61.5. The summed E-state index contributed by atoms with van der Waals surface area (Å²) in [4.78, 5) is 0. The van der Waals surface area contributed by atoms with Gasteiger partial charge < -0.3 is 0 Å². The van der Waals surface area contributed by atoms with Gasteiger partial charge in [-0.1, -0.05) is 24.6 Å². The Morgan fingerprint density at radius 2 is 1.36 bits per heavy atom. The van der Waals surface area contributed by atoms with E-state index in [9.17, 15) is 16.8 Å². The van der Waals surface area contributed by atoms with Gasteiger partial charge >= 0.3 is 18.3 Å². The van der Waals surface area contributed by atoms with Gasteiger partial charge in [0, 0.05) is 11.5 Å². The van der Waals surface area contributed by atoms with Gasteiger partial charge in [0.15, 0.2) is 0 Å². The Kier molecular flexibility index (Phi) is 4.75. The van der Waals surface area contributed by atoms with Crippen LogP contribution in [0.4, 0.5) is 0 Å². The first kappa shape index (κ1) is 14.5. The van der Waals surface area contributed by atoms with Gasteiger partial charge in [0.2, 0.25) is 0 Å². The molecule has 6 nitrogen and oxygen atoms in total. The summed E-state index contributed by atoms with van der Waals surface area (Å²) in [6.45, 7) is 2.83. The molecular weight excluding hydrogens is 272 g/mol. The summed E-state index contributed by atoms with van der Waals surface area (Å²) in [5.41, 5.74) is 0. The molecule has 0 heterocycles. The third kappa shape index (κ3) is 2.55. The van der Waals surface area contributed by atoms with Crippen LogP contribution in [-0.4, -0.2) is 37.4 Å². The van der Waals surface area contributed by atoms with Gasteiger partial charge in [-0.05, 0) is 0 Å². The van der Waals surface area contributed by atoms with Crippen molar-refractivity contribution in [1.29, 1.82) is 0 Å². The lowest BCUT2D eigenvalue weighted by atomic mass is 11.0. The molecule has 0 aromatic carbocycles. The minimum atomic E-state index is -4.79. The zero-order valence-electron chi connectivity index (χ0n) is 7.57. The van der Waals surface area contributed by atoms with Crippen LogP contribution in [0, 0.1) is 0 Å². The Morgan fingerprint density at radius 3 is 1.43 bits per heavy atom. The Balaban J connectivity index is 5.71. The van der Waals surface area contributed by atoms with Crippen molar-refractivity contribution in [2.45, 2.75) is 13.8 Å². The molecular formula is C4H12O6S4. The van der Waals surface area contributed by atoms with Crippen molar-refractivity contribution in [3.63, 3.8) is 0 Å². The summed E-state index contributed by atoms with van der Waals surface area (Å²) >= 11 is 0. The maximum atomic E-state index is 11.0. The fourth-order valence-corrected chi connectivity index (χ4v) is 13.0. The summed E-state index contributed by atoms with van der Waals surface area (Å²) in [5, 5.41) is 0. The van der Waals surface area contributed by atoms with E-state index >= 15 is 0 Å². The van der Waals surface area contributed by atoms with Crippen LogP contribution in [0.5, 0.6) is 0 Å². The molecule has 0 radical (unpaired) electrons. The highest BCUT2D eigenvalue weighted by atomic mass is 33.9. The van der Waals surface area contributed by atoms with Crippen LogP contribution in [0.3, 0.4) is 0 Å². The molecule has 0 bridgehead atoms. The van der Waals surface area contributed by atoms with Crippen LogP contribution in [0.1, 0.15) is 13.8 Å². The highest BCUT2D eigenvalue weighted by molar-refractivity contribution is 9.43. The molecule has 0 saturated heterocycles. The molecule has 0 spiro atoms. The molecule has 0 amide bonds. The van der Waals surface area contributed by atoms with E-state index in [0.29, 0.717) is 10.8 Å². The Bertz CT molecular complexity index is 348. The van der Waals surface area contributed by atoms with E-state index in [1.54, 1.807) is 6.92 Å². The van der Waals surface area contributed by atoms with Crippen molar-refractivity contribution >= 4 is 36.2 Å². The normalized spacial score (nSPS) is 15.4. The molecule has 88 valence electrons. The average molecular weight is 284 g/mol. The van der Waals surface area contributed by atoms with Crippen LogP contribution in [0.15, 0.2) is 0 Å². The van der Waals surface area contributed by atoms with Gasteiger partial charge in [-0.3, -0.25) is 9.11 Å². The first-order valence-corrected chi connectivity index (χ1v) is 10.7. The van der Waals surface area contributed by atoms with Gasteiger partial charge in [0.1, 0.15) is 0 Å². The van der Waals surface area contributed by atoms with E-state index in [0.717, 1.165) is 0 Å². The standard InChI is InChI=1S/C4H12O6S4/c1-3-11-12(4-2,13(5,6)7)14(8,9)10/h3-4H2,1-2H3,(H,5,6,7)(H,8,9,10). The van der Waals surface area contributed by atoms with Gasteiger partial charge in [-0.15, -0.1) is 0 Å². The van der Waals surface area contributed by atoms with E-state index in [-0.39, 0.29) is 11.5 Å². The van der Waals surface area contributed by atoms with Crippen LogP contribution in [0.25, 0.3) is 0 Å². The quantitative estimate of drug-likeness (QED) is 0.574. The lowest BCUT2D eigenvalue weighted by Crippen LogP contribution is -2.20. The minimum Gasteiger partial charge on any atom is -0.277 e. The van der Waals surface area contributed by atoms with Crippen molar-refractivity contribution in [2.75, 3.05) is 11.5 Å². The summed E-state index contributed by atoms with van der Waals surface area (Å²) in [7, 11) is -12.6. The summed E-state index contributed by atoms with van der Waals surface area (Å²) in [6, 6.07) is 0. The third-order valence-electron chi connectivity index (χ3n) is 1.29. The molecule has 0 aliphatic heterocycles. The van der Waals surface area contributed by atoms with E-state index in [2.05, 4.69) is 0 Å². The molecule has 0 unspecified atom stereocenters. The Labute approximate surface area is 87.5 Å². The predicted molar refractivity (Wildman–Crippen MR) is 59.4 cm³/mol. The zero-order valence-corrected chi connectivity index (χ0v) is 10.8. The number of rotatable bonds is 5. The third-order valence-corrected chi connectivity index (χ3v) is 19.6. The molecule has 0 aliphatic carbocycles. The van der Waals surface area contributed by atoms with Crippen molar-refractivity contribution in [1.82, 2.24) is 0 Å². The van der Waals surface area contributed by atoms with Crippen LogP contribution < -0.4 is 0 Å². The van der Waals surface area contributed by atoms with Crippen LogP contribution in [0.2, 0.25) is 0 Å². The van der Waals surface area contributed by atoms with E-state index in [4.69, 9.17) is 9.11 Å². The highest BCUT2D eigenvalue weighted by Gasteiger charge is 2.47. The van der Waals surface area contributed by atoms with Crippen molar-refractivity contribution < 1.29 is 25.9 Å². The van der Waals surface area contributed by atoms with Crippen molar-refractivity contribution in [3.05, 3.63) is 0 Å². The lowest BCUT2D eigenvalue weighted by Gasteiger charge is -2.29. The Hall–Kier alpha value is 0.520. The molecule has 0 aromatic rings. The van der Waals surface area contributed by atoms with Gasteiger partial charge in [0.05, 0.1) is 7.12 Å². The molecule has 0 aromatic heterocycles. The predicted octanol–water partition coefficient (Wildman–Crippen LogP) is 1.08. The first-order chi connectivity index (χ1) is 6.12. The maximum absolute atomic E-state index is 11.0. The number of hydrogen-bond donors (Lipinski definition) is 2. The Morgan fingerprint density at radius 1 is 1.00 bits per heavy atom. The fourth-order valence-electron chi connectivity index (χ4n) is 0.791.